The molecule has 0 fully saturated rings. The highest BCUT2D eigenvalue weighted by Crippen LogP contribution is 2.25. The van der Waals surface area contributed by atoms with E-state index in [1.807, 2.05) is 32.9 Å². The molecule has 3 amide bonds. The third-order valence-electron chi connectivity index (χ3n) is 4.22. The molecule has 0 aliphatic heterocycles. The van der Waals surface area contributed by atoms with Gasteiger partial charge in [-0.05, 0) is 58.7 Å². The van der Waals surface area contributed by atoms with Crippen molar-refractivity contribution in [2.45, 2.75) is 64.8 Å². The molecule has 0 heterocycles. The Morgan fingerprint density at radius 2 is 1.88 bits per heavy atom. The Hall–Kier alpha value is -2.99. The Kier molecular flexibility index (Phi) is 9.99. The molecule has 0 aliphatic rings. The van der Waals surface area contributed by atoms with Crippen LogP contribution in [0.5, 0.6) is 0 Å². The number of nitriles is 1. The molecule has 2 N–H and O–H groups in total. The second-order valence-electron chi connectivity index (χ2n) is 9.52. The van der Waals surface area contributed by atoms with Gasteiger partial charge in [0, 0.05) is 11.3 Å². The lowest BCUT2D eigenvalue weighted by Crippen LogP contribution is -2.55. The van der Waals surface area contributed by atoms with Gasteiger partial charge >= 0.3 is 6.09 Å². The van der Waals surface area contributed by atoms with Crippen LogP contribution < -0.4 is 10.6 Å². The van der Waals surface area contributed by atoms with E-state index in [1.54, 1.807) is 45.0 Å². The number of nitrogens with zero attached hydrogens (tertiary/aromatic N) is 2. The number of carbonyl (C=O) groups is 3. The number of hydrogen-bond acceptors (Lipinski definition) is 6. The first-order chi connectivity index (χ1) is 15.2. The largest absolute Gasteiger partial charge is 0.444 e. The molecule has 1 aromatic rings. The van der Waals surface area contributed by atoms with Crippen molar-refractivity contribution in [2.75, 3.05) is 12.3 Å². The second-order valence-corrected chi connectivity index (χ2v) is 9.89. The molecule has 1 rings (SSSR count). The maximum atomic E-state index is 13.5. The van der Waals surface area contributed by atoms with E-state index >= 15 is 0 Å². The van der Waals surface area contributed by atoms with Crippen molar-refractivity contribution in [1.29, 1.82) is 5.26 Å². The highest BCUT2D eigenvalue weighted by molar-refractivity contribution is 7.80. The first-order valence-electron chi connectivity index (χ1n) is 10.5. The van der Waals surface area contributed by atoms with Gasteiger partial charge in [-0.1, -0.05) is 30.9 Å². The molecular formula is C24H34N4O4S. The van der Waals surface area contributed by atoms with E-state index in [4.69, 9.17) is 4.74 Å². The summed E-state index contributed by atoms with van der Waals surface area (Å²) < 4.78 is 5.24. The first kappa shape index (κ1) is 28.0. The predicted molar refractivity (Wildman–Crippen MR) is 132 cm³/mol. The van der Waals surface area contributed by atoms with Crippen molar-refractivity contribution < 1.29 is 19.1 Å². The van der Waals surface area contributed by atoms with Crippen LogP contribution in [0.15, 0.2) is 30.8 Å². The van der Waals surface area contributed by atoms with Crippen LogP contribution in [0.25, 0.3) is 6.08 Å². The summed E-state index contributed by atoms with van der Waals surface area (Å²) in [6.07, 6.45) is 0.829. The Bertz CT molecular complexity index is 912. The Morgan fingerprint density at radius 3 is 2.36 bits per heavy atom. The minimum atomic E-state index is -1.11. The lowest BCUT2D eigenvalue weighted by molar-refractivity contribution is -0.141. The highest BCUT2D eigenvalue weighted by atomic mass is 32.1. The Balaban J connectivity index is 3.42. The molecule has 2 unspecified atom stereocenters. The number of ether oxygens (including phenoxy) is 1. The Labute approximate surface area is 201 Å². The normalized spacial score (nSPS) is 13.2. The second kappa shape index (κ2) is 11.8. The van der Waals surface area contributed by atoms with E-state index in [9.17, 15) is 19.6 Å². The number of amides is 3. The summed E-state index contributed by atoms with van der Waals surface area (Å²) in [5, 5.41) is 14.8. The molecule has 33 heavy (non-hydrogen) atoms. The van der Waals surface area contributed by atoms with Crippen LogP contribution in [0.2, 0.25) is 0 Å². The molecule has 0 aliphatic carbocycles. The van der Waals surface area contributed by atoms with Gasteiger partial charge in [-0.15, -0.1) is 0 Å². The standard InChI is InChI=1S/C24H34N4O4S/c1-8-16-10-9-11-17(14-16)19(20(29)27-23(2,3)4)28(13-12-25)21(30)18(15-33)26-22(31)32-24(5,6)7/h8-11,14,18-19,33H,1,13,15H2,2-7H3,(H,26,31)(H,27,29). The van der Waals surface area contributed by atoms with E-state index in [1.165, 1.54) is 0 Å². The third-order valence-corrected chi connectivity index (χ3v) is 4.58. The lowest BCUT2D eigenvalue weighted by Gasteiger charge is -2.34. The molecule has 0 bridgehead atoms. The van der Waals surface area contributed by atoms with Crippen LogP contribution in [0.1, 0.15) is 58.7 Å². The van der Waals surface area contributed by atoms with Crippen molar-refractivity contribution in [3.8, 4) is 6.07 Å². The van der Waals surface area contributed by atoms with Crippen LogP contribution in [0, 0.1) is 11.3 Å². The monoisotopic (exact) mass is 474 g/mol. The number of thiol groups is 1. The summed E-state index contributed by atoms with van der Waals surface area (Å²) in [4.78, 5) is 40.2. The smallest absolute Gasteiger partial charge is 0.408 e. The molecular weight excluding hydrogens is 440 g/mol. The summed E-state index contributed by atoms with van der Waals surface area (Å²) >= 11 is 4.20. The quantitative estimate of drug-likeness (QED) is 0.395. The van der Waals surface area contributed by atoms with E-state index < -0.39 is 41.1 Å². The van der Waals surface area contributed by atoms with Gasteiger partial charge in [0.05, 0.1) is 6.07 Å². The van der Waals surface area contributed by atoms with Crippen molar-refractivity contribution in [2.24, 2.45) is 0 Å². The molecule has 0 radical (unpaired) electrons. The van der Waals surface area contributed by atoms with E-state index in [2.05, 4.69) is 29.8 Å². The van der Waals surface area contributed by atoms with Crippen molar-refractivity contribution in [1.82, 2.24) is 15.5 Å². The van der Waals surface area contributed by atoms with Crippen LogP contribution >= 0.6 is 12.6 Å². The number of rotatable bonds is 8. The lowest BCUT2D eigenvalue weighted by atomic mass is 9.99. The minimum Gasteiger partial charge on any atom is -0.444 e. The molecule has 0 saturated heterocycles. The van der Waals surface area contributed by atoms with Crippen molar-refractivity contribution >= 4 is 36.6 Å². The van der Waals surface area contributed by atoms with Crippen LogP contribution in [0.4, 0.5) is 4.79 Å². The highest BCUT2D eigenvalue weighted by Gasteiger charge is 2.37. The van der Waals surface area contributed by atoms with Crippen molar-refractivity contribution in [3.05, 3.63) is 42.0 Å². The summed E-state index contributed by atoms with van der Waals surface area (Å²) in [5.41, 5.74) is -0.0818. The van der Waals surface area contributed by atoms with Gasteiger partial charge in [0.2, 0.25) is 11.8 Å². The average Bonchev–Trinajstić information content (AvgIpc) is 2.68. The molecule has 0 saturated carbocycles. The fourth-order valence-electron chi connectivity index (χ4n) is 2.97. The maximum Gasteiger partial charge on any atom is 0.408 e. The van der Waals surface area contributed by atoms with Gasteiger partial charge < -0.3 is 20.3 Å². The zero-order chi connectivity index (χ0) is 25.4. The van der Waals surface area contributed by atoms with Gasteiger partial charge in [-0.2, -0.15) is 17.9 Å². The van der Waals surface area contributed by atoms with E-state index in [0.29, 0.717) is 5.56 Å². The summed E-state index contributed by atoms with van der Waals surface area (Å²) in [5.74, 6) is -1.14. The minimum absolute atomic E-state index is 0.0552. The van der Waals surface area contributed by atoms with E-state index in [0.717, 1.165) is 10.5 Å². The molecule has 1 aromatic carbocycles. The number of hydrogen-bond donors (Lipinski definition) is 3. The van der Waals surface area contributed by atoms with Gasteiger partial charge in [0.15, 0.2) is 0 Å². The van der Waals surface area contributed by atoms with Gasteiger partial charge in [-0.3, -0.25) is 9.59 Å². The molecule has 2 atom stereocenters. The number of benzene rings is 1. The van der Waals surface area contributed by atoms with Crippen molar-refractivity contribution in [3.63, 3.8) is 0 Å². The summed E-state index contributed by atoms with van der Waals surface area (Å²) in [6.45, 7) is 13.9. The average molecular weight is 475 g/mol. The number of alkyl carbamates (subject to hydrolysis) is 1. The fraction of sp³-hybridized carbons (Fsp3) is 0.500. The Morgan fingerprint density at radius 1 is 1.24 bits per heavy atom. The zero-order valence-electron chi connectivity index (χ0n) is 20.1. The third kappa shape index (κ3) is 9.18. The molecule has 0 spiro atoms. The molecule has 8 nitrogen and oxygen atoms in total. The van der Waals surface area contributed by atoms with Crippen LogP contribution in [-0.2, 0) is 14.3 Å². The topological polar surface area (TPSA) is 112 Å². The van der Waals surface area contributed by atoms with Crippen LogP contribution in [0.3, 0.4) is 0 Å². The SMILES string of the molecule is C=Cc1cccc(C(C(=O)NC(C)(C)C)N(CC#N)C(=O)C(CS)NC(=O)OC(C)(C)C)c1. The van der Waals surface area contributed by atoms with Crippen LogP contribution in [-0.4, -0.2) is 52.3 Å². The van der Waals surface area contributed by atoms with Gasteiger partial charge in [-0.25, -0.2) is 4.79 Å². The maximum absolute atomic E-state index is 13.5. The number of carbonyl (C=O) groups excluding carboxylic acids is 3. The van der Waals surface area contributed by atoms with Gasteiger partial charge in [0.25, 0.3) is 0 Å². The molecule has 180 valence electrons. The van der Waals surface area contributed by atoms with E-state index in [-0.39, 0.29) is 12.3 Å². The molecule has 0 aromatic heterocycles. The number of nitrogens with one attached hydrogen (secondary N) is 2. The summed E-state index contributed by atoms with van der Waals surface area (Å²) in [7, 11) is 0. The molecule has 9 heteroatoms. The zero-order valence-corrected chi connectivity index (χ0v) is 21.0. The predicted octanol–water partition coefficient (Wildman–Crippen LogP) is 3.46. The first-order valence-corrected chi connectivity index (χ1v) is 11.2. The summed E-state index contributed by atoms with van der Waals surface area (Å²) in [6, 6.07) is 6.72. The fourth-order valence-corrected chi connectivity index (χ4v) is 3.22. The van der Waals surface area contributed by atoms with Gasteiger partial charge in [0.1, 0.15) is 24.2 Å².